The zero-order chi connectivity index (χ0) is 15.6. The molecule has 1 aliphatic rings. The summed E-state index contributed by atoms with van der Waals surface area (Å²) in [4.78, 5) is 24.9. The van der Waals surface area contributed by atoms with Crippen LogP contribution in [0, 0.1) is 5.92 Å². The molecule has 0 amide bonds. The van der Waals surface area contributed by atoms with Gasteiger partial charge in [0, 0.05) is 12.0 Å². The number of hydrogen-bond acceptors (Lipinski definition) is 6. The Balaban J connectivity index is 2.37. The van der Waals surface area contributed by atoms with Crippen molar-refractivity contribution in [3.8, 4) is 0 Å². The lowest BCUT2D eigenvalue weighted by atomic mass is 10.1. The van der Waals surface area contributed by atoms with Crippen LogP contribution in [0.3, 0.4) is 0 Å². The first-order valence-corrected chi connectivity index (χ1v) is 8.21. The molecule has 21 heavy (non-hydrogen) atoms. The van der Waals surface area contributed by atoms with Gasteiger partial charge in [-0.2, -0.15) is 0 Å². The maximum absolute atomic E-state index is 12.3. The molecule has 5 nitrogen and oxygen atoms in total. The van der Waals surface area contributed by atoms with E-state index in [-0.39, 0.29) is 30.0 Å². The second kappa shape index (κ2) is 6.47. The van der Waals surface area contributed by atoms with Crippen LogP contribution in [-0.2, 0) is 4.74 Å². The number of thiophene rings is 1. The molecule has 0 spiro atoms. The Kier molecular flexibility index (Phi) is 4.88. The summed E-state index contributed by atoms with van der Waals surface area (Å²) in [6, 6.07) is 0.195. The minimum absolute atomic E-state index is 0.0558. The van der Waals surface area contributed by atoms with E-state index in [1.807, 2.05) is 6.92 Å². The number of nitrogen functional groups attached to an aromatic ring is 1. The zero-order valence-corrected chi connectivity index (χ0v) is 13.5. The summed E-state index contributed by atoms with van der Waals surface area (Å²) >= 11 is 1.27. The van der Waals surface area contributed by atoms with E-state index in [1.165, 1.54) is 11.3 Å². The van der Waals surface area contributed by atoms with Crippen LogP contribution in [0.15, 0.2) is 0 Å². The molecule has 1 saturated carbocycles. The van der Waals surface area contributed by atoms with E-state index in [1.54, 1.807) is 6.92 Å². The molecule has 0 saturated heterocycles. The van der Waals surface area contributed by atoms with Gasteiger partial charge in [-0.15, -0.1) is 11.3 Å². The lowest BCUT2D eigenvalue weighted by Crippen LogP contribution is -2.16. The molecule has 1 aromatic rings. The van der Waals surface area contributed by atoms with Crippen molar-refractivity contribution < 1.29 is 14.3 Å². The first-order valence-electron chi connectivity index (χ1n) is 7.39. The molecule has 3 N–H and O–H groups in total. The summed E-state index contributed by atoms with van der Waals surface area (Å²) in [5.41, 5.74) is 6.64. The number of carbonyl (C=O) groups excluding carboxylic acids is 2. The van der Waals surface area contributed by atoms with Crippen LogP contribution in [0.25, 0.3) is 0 Å². The predicted molar refractivity (Wildman–Crippen MR) is 85.1 cm³/mol. The quantitative estimate of drug-likeness (QED) is 0.596. The minimum Gasteiger partial charge on any atom is -0.462 e. The Bertz CT molecular complexity index is 549. The van der Waals surface area contributed by atoms with Crippen molar-refractivity contribution in [1.82, 2.24) is 0 Å². The second-order valence-electron chi connectivity index (χ2n) is 5.36. The van der Waals surface area contributed by atoms with Gasteiger partial charge < -0.3 is 15.8 Å². The molecule has 1 heterocycles. The molecule has 2 rings (SSSR count). The fraction of sp³-hybridized carbons (Fsp3) is 0.600. The minimum atomic E-state index is -0.466. The highest BCUT2D eigenvalue weighted by Gasteiger charge is 2.35. The maximum Gasteiger partial charge on any atom is 0.343 e. The third-order valence-corrected chi connectivity index (χ3v) is 4.74. The van der Waals surface area contributed by atoms with Gasteiger partial charge in [0.15, 0.2) is 5.78 Å². The first-order chi connectivity index (χ1) is 9.99. The maximum atomic E-state index is 12.3. The number of rotatable bonds is 7. The molecule has 116 valence electrons. The van der Waals surface area contributed by atoms with Crippen LogP contribution in [0.1, 0.15) is 60.1 Å². The smallest absolute Gasteiger partial charge is 0.343 e. The van der Waals surface area contributed by atoms with E-state index in [0.29, 0.717) is 15.4 Å². The number of Topliss-reactive ketones (excluding diaryl/α,β-unsaturated/α-hetero) is 1. The number of nitrogens with two attached hydrogens (primary N) is 1. The van der Waals surface area contributed by atoms with E-state index in [9.17, 15) is 9.59 Å². The summed E-state index contributed by atoms with van der Waals surface area (Å²) in [6.07, 6.45) is 2.74. The number of hydrogen-bond donors (Lipinski definition) is 2. The van der Waals surface area contributed by atoms with Crippen molar-refractivity contribution in [2.24, 2.45) is 5.92 Å². The van der Waals surface area contributed by atoms with E-state index >= 15 is 0 Å². The molecule has 1 atom stereocenters. The molecule has 0 bridgehead atoms. The van der Waals surface area contributed by atoms with Gasteiger partial charge in [0.05, 0.1) is 17.2 Å². The van der Waals surface area contributed by atoms with Gasteiger partial charge in [-0.1, -0.05) is 6.92 Å². The lowest BCUT2D eigenvalue weighted by molar-refractivity contribution is 0.0529. The number of nitrogens with one attached hydrogen (secondary N) is 1. The summed E-state index contributed by atoms with van der Waals surface area (Å²) in [6.45, 7) is 6.10. The van der Waals surface area contributed by atoms with Crippen molar-refractivity contribution in [3.05, 3.63) is 10.4 Å². The molecule has 0 aliphatic heterocycles. The van der Waals surface area contributed by atoms with E-state index in [4.69, 9.17) is 10.5 Å². The SMILES string of the molecule is CCOC(=O)c1c(NC(C)CC)sc(C(=O)C2CC2)c1N. The number of ketones is 1. The van der Waals surface area contributed by atoms with Gasteiger partial charge in [-0.05, 0) is 33.1 Å². The third-order valence-electron chi connectivity index (χ3n) is 3.59. The van der Waals surface area contributed by atoms with Crippen LogP contribution in [-0.4, -0.2) is 24.4 Å². The van der Waals surface area contributed by atoms with Crippen molar-refractivity contribution in [3.63, 3.8) is 0 Å². The van der Waals surface area contributed by atoms with Gasteiger partial charge in [0.25, 0.3) is 0 Å². The summed E-state index contributed by atoms with van der Waals surface area (Å²) in [7, 11) is 0. The Hall–Kier alpha value is -1.56. The van der Waals surface area contributed by atoms with Crippen molar-refractivity contribution in [1.29, 1.82) is 0 Å². The average Bonchev–Trinajstić information content (AvgIpc) is 3.23. The monoisotopic (exact) mass is 310 g/mol. The van der Waals surface area contributed by atoms with Gasteiger partial charge in [-0.25, -0.2) is 4.79 Å². The molecule has 0 radical (unpaired) electrons. The topological polar surface area (TPSA) is 81.4 Å². The van der Waals surface area contributed by atoms with Crippen LogP contribution in [0.5, 0.6) is 0 Å². The number of ether oxygens (including phenoxy) is 1. The number of anilines is 2. The third kappa shape index (κ3) is 3.37. The van der Waals surface area contributed by atoms with Crippen LogP contribution < -0.4 is 11.1 Å². The lowest BCUT2D eigenvalue weighted by Gasteiger charge is -2.12. The van der Waals surface area contributed by atoms with E-state index in [2.05, 4.69) is 12.2 Å². The molecule has 0 aromatic carbocycles. The standard InChI is InChI=1S/C15H22N2O3S/c1-4-8(3)17-14-10(15(19)20-5-2)11(16)13(21-14)12(18)9-6-7-9/h8-9,17H,4-7,16H2,1-3H3. The van der Waals surface area contributed by atoms with Crippen molar-refractivity contribution >= 4 is 33.8 Å². The van der Waals surface area contributed by atoms with E-state index in [0.717, 1.165) is 19.3 Å². The van der Waals surface area contributed by atoms with Crippen LogP contribution in [0.4, 0.5) is 10.7 Å². The second-order valence-corrected chi connectivity index (χ2v) is 6.38. The summed E-state index contributed by atoms with van der Waals surface area (Å²) < 4.78 is 5.07. The largest absolute Gasteiger partial charge is 0.462 e. The average molecular weight is 310 g/mol. The van der Waals surface area contributed by atoms with Crippen LogP contribution >= 0.6 is 11.3 Å². The van der Waals surface area contributed by atoms with Gasteiger partial charge in [0.2, 0.25) is 0 Å². The molecule has 6 heteroatoms. The predicted octanol–water partition coefficient (Wildman–Crippen LogP) is 3.31. The van der Waals surface area contributed by atoms with Gasteiger partial charge in [-0.3, -0.25) is 4.79 Å². The Morgan fingerprint density at radius 1 is 1.43 bits per heavy atom. The first kappa shape index (κ1) is 15.8. The van der Waals surface area contributed by atoms with Crippen molar-refractivity contribution in [2.75, 3.05) is 17.7 Å². The molecule has 1 unspecified atom stereocenters. The fourth-order valence-electron chi connectivity index (χ4n) is 1.99. The Morgan fingerprint density at radius 2 is 2.10 bits per heavy atom. The van der Waals surface area contributed by atoms with Crippen molar-refractivity contribution in [2.45, 2.75) is 46.1 Å². The Labute approximate surface area is 128 Å². The molecule has 1 fully saturated rings. The summed E-state index contributed by atoms with van der Waals surface area (Å²) in [5.74, 6) is -0.329. The molecule has 1 aliphatic carbocycles. The van der Waals surface area contributed by atoms with Gasteiger partial charge >= 0.3 is 5.97 Å². The molecular weight excluding hydrogens is 288 g/mol. The normalized spacial score (nSPS) is 15.6. The molecular formula is C15H22N2O3S. The molecule has 1 aromatic heterocycles. The summed E-state index contributed by atoms with van der Waals surface area (Å²) in [5, 5.41) is 3.90. The van der Waals surface area contributed by atoms with E-state index < -0.39 is 5.97 Å². The number of esters is 1. The van der Waals surface area contributed by atoms with Gasteiger partial charge in [0.1, 0.15) is 10.6 Å². The van der Waals surface area contributed by atoms with Crippen LogP contribution in [0.2, 0.25) is 0 Å². The number of carbonyl (C=O) groups is 2. The highest BCUT2D eigenvalue weighted by atomic mass is 32.1. The Morgan fingerprint density at radius 3 is 2.62 bits per heavy atom. The highest BCUT2D eigenvalue weighted by Crippen LogP contribution is 2.42. The highest BCUT2D eigenvalue weighted by molar-refractivity contribution is 7.19. The zero-order valence-electron chi connectivity index (χ0n) is 12.7. The fourth-order valence-corrected chi connectivity index (χ4v) is 3.23.